The first-order valence-electron chi connectivity index (χ1n) is 19.5. The molecule has 0 unspecified atom stereocenters. The van der Waals surface area contributed by atoms with Gasteiger partial charge in [0.1, 0.15) is 0 Å². The van der Waals surface area contributed by atoms with Crippen LogP contribution < -0.4 is 19.6 Å². The molecule has 2 aliphatic rings. The van der Waals surface area contributed by atoms with Gasteiger partial charge in [0.25, 0.3) is 0 Å². The summed E-state index contributed by atoms with van der Waals surface area (Å²) in [6.45, 7) is 10.3. The minimum Gasteiger partial charge on any atom is -0.328 e. The van der Waals surface area contributed by atoms with Crippen LogP contribution in [0.3, 0.4) is 0 Å². The van der Waals surface area contributed by atoms with Gasteiger partial charge in [-0.2, -0.15) is 0 Å². The van der Waals surface area contributed by atoms with Crippen molar-refractivity contribution in [2.75, 3.05) is 32.9 Å². The molecule has 0 saturated carbocycles. The summed E-state index contributed by atoms with van der Waals surface area (Å²) in [5, 5.41) is 0. The van der Waals surface area contributed by atoms with Gasteiger partial charge in [0, 0.05) is 47.5 Å². The summed E-state index contributed by atoms with van der Waals surface area (Å²) in [4.78, 5) is 9.30. The van der Waals surface area contributed by atoms with Crippen molar-refractivity contribution in [3.8, 4) is 44.5 Å². The Morgan fingerprint density at radius 2 is 0.696 bits per heavy atom. The molecule has 7 aromatic rings. The summed E-state index contributed by atoms with van der Waals surface area (Å²) >= 11 is 0. The molecule has 0 atom stereocenters. The number of hydrogen-bond acceptors (Lipinski definition) is 4. The molecule has 0 amide bonds. The Bertz CT molecular complexity index is 2580. The molecular formula is C52H46N4. The SMILES string of the molecule is Cc1cccc(C)c1N1C=CN(c2ccc(-c3cccc(-c4cccc(-c5ccccc5-c5cccc(N6C=CN(c7c(C)cccc7C)C6)c5)c4)c3)cc2)C1. The lowest BCUT2D eigenvalue weighted by atomic mass is 9.92. The van der Waals surface area contributed by atoms with Crippen LogP contribution in [0.4, 0.5) is 22.7 Å². The first-order valence-corrected chi connectivity index (χ1v) is 19.5. The Morgan fingerprint density at radius 1 is 0.304 bits per heavy atom. The predicted molar refractivity (Wildman–Crippen MR) is 238 cm³/mol. The van der Waals surface area contributed by atoms with E-state index in [9.17, 15) is 0 Å². The average molecular weight is 727 g/mol. The van der Waals surface area contributed by atoms with Crippen LogP contribution in [-0.4, -0.2) is 13.3 Å². The number of anilines is 4. The molecular weight excluding hydrogens is 681 g/mol. The van der Waals surface area contributed by atoms with E-state index < -0.39 is 0 Å². The van der Waals surface area contributed by atoms with E-state index in [4.69, 9.17) is 0 Å². The summed E-state index contributed by atoms with van der Waals surface area (Å²) in [7, 11) is 0. The topological polar surface area (TPSA) is 13.0 Å². The van der Waals surface area contributed by atoms with Gasteiger partial charge in [-0.3, -0.25) is 0 Å². The van der Waals surface area contributed by atoms with E-state index >= 15 is 0 Å². The molecule has 0 radical (unpaired) electrons. The van der Waals surface area contributed by atoms with E-state index in [1.807, 2.05) is 0 Å². The molecule has 0 spiro atoms. The average Bonchev–Trinajstić information content (AvgIpc) is 3.92. The molecule has 2 aliphatic heterocycles. The number of aryl methyl sites for hydroxylation is 4. The molecule has 2 heterocycles. The van der Waals surface area contributed by atoms with Crippen LogP contribution in [0.25, 0.3) is 44.5 Å². The van der Waals surface area contributed by atoms with E-state index in [1.165, 1.54) is 89.5 Å². The van der Waals surface area contributed by atoms with E-state index in [0.29, 0.717) is 0 Å². The highest BCUT2D eigenvalue weighted by Gasteiger charge is 2.20. The second-order valence-corrected chi connectivity index (χ2v) is 15.0. The zero-order chi connectivity index (χ0) is 38.2. The molecule has 9 rings (SSSR count). The van der Waals surface area contributed by atoms with Crippen LogP contribution in [0.1, 0.15) is 22.3 Å². The van der Waals surface area contributed by atoms with E-state index in [2.05, 4.69) is 230 Å². The van der Waals surface area contributed by atoms with E-state index in [0.717, 1.165) is 13.3 Å². The molecule has 0 aromatic heterocycles. The first-order chi connectivity index (χ1) is 27.4. The van der Waals surface area contributed by atoms with Gasteiger partial charge in [0.15, 0.2) is 0 Å². The molecule has 0 aliphatic carbocycles. The van der Waals surface area contributed by atoms with Gasteiger partial charge in [0.2, 0.25) is 0 Å². The molecule has 0 bridgehead atoms. The van der Waals surface area contributed by atoms with Crippen LogP contribution in [-0.2, 0) is 0 Å². The summed E-state index contributed by atoms with van der Waals surface area (Å²) in [6.07, 6.45) is 8.74. The highest BCUT2D eigenvalue weighted by atomic mass is 15.4. The van der Waals surface area contributed by atoms with Crippen molar-refractivity contribution in [2.45, 2.75) is 27.7 Å². The standard InChI is InChI=1S/C52H46N4/c1-37-12-7-13-38(2)51(37)55-30-28-53(35-55)47-26-24-41(25-27-47)42-16-9-17-43(32-42)44-18-10-19-45(33-44)49-22-5-6-23-50(49)46-20-11-21-48(34-46)54-29-31-56(36-54)52-39(3)14-8-15-40(52)4/h5-34H,35-36H2,1-4H3. The maximum atomic E-state index is 2.34. The van der Waals surface area contributed by atoms with Crippen molar-refractivity contribution >= 4 is 22.7 Å². The highest BCUT2D eigenvalue weighted by Crippen LogP contribution is 2.38. The third kappa shape index (κ3) is 6.75. The number of para-hydroxylation sites is 2. The van der Waals surface area contributed by atoms with Crippen molar-refractivity contribution < 1.29 is 0 Å². The summed E-state index contributed by atoms with van der Waals surface area (Å²) < 4.78 is 0. The summed E-state index contributed by atoms with van der Waals surface area (Å²) in [6, 6.07) is 57.5. The van der Waals surface area contributed by atoms with Crippen LogP contribution in [0.15, 0.2) is 183 Å². The lowest BCUT2D eigenvalue weighted by molar-refractivity contribution is 0.965. The third-order valence-corrected chi connectivity index (χ3v) is 11.2. The molecule has 4 nitrogen and oxygen atoms in total. The Morgan fingerprint density at radius 3 is 1.23 bits per heavy atom. The van der Waals surface area contributed by atoms with Gasteiger partial charge >= 0.3 is 0 Å². The molecule has 4 heteroatoms. The molecule has 0 fully saturated rings. The van der Waals surface area contributed by atoms with Gasteiger partial charge in [-0.05, 0) is 131 Å². The van der Waals surface area contributed by atoms with Crippen LogP contribution in [0.2, 0.25) is 0 Å². The fourth-order valence-electron chi connectivity index (χ4n) is 8.41. The lowest BCUT2D eigenvalue weighted by Gasteiger charge is -2.24. The molecule has 7 aromatic carbocycles. The second kappa shape index (κ2) is 14.8. The minimum absolute atomic E-state index is 0.783. The Hall–Kier alpha value is -6.78. The number of benzene rings is 7. The maximum absolute atomic E-state index is 2.34. The zero-order valence-corrected chi connectivity index (χ0v) is 32.5. The quantitative estimate of drug-likeness (QED) is 0.155. The highest BCUT2D eigenvalue weighted by molar-refractivity contribution is 5.87. The fraction of sp³-hybridized carbons (Fsp3) is 0.115. The largest absolute Gasteiger partial charge is 0.328 e. The van der Waals surface area contributed by atoms with Gasteiger partial charge in [-0.25, -0.2) is 0 Å². The van der Waals surface area contributed by atoms with Crippen molar-refractivity contribution in [1.29, 1.82) is 0 Å². The molecule has 0 saturated heterocycles. The Balaban J connectivity index is 0.938. The van der Waals surface area contributed by atoms with Gasteiger partial charge in [-0.1, -0.05) is 121 Å². The zero-order valence-electron chi connectivity index (χ0n) is 32.5. The maximum Gasteiger partial charge on any atom is 0.0989 e. The van der Waals surface area contributed by atoms with Gasteiger partial charge in [0.05, 0.1) is 13.3 Å². The normalized spacial score (nSPS) is 13.6. The Labute approximate surface area is 331 Å². The molecule has 0 N–H and O–H groups in total. The van der Waals surface area contributed by atoms with Crippen LogP contribution >= 0.6 is 0 Å². The van der Waals surface area contributed by atoms with Crippen LogP contribution in [0, 0.1) is 27.7 Å². The predicted octanol–water partition coefficient (Wildman–Crippen LogP) is 13.1. The molecule has 56 heavy (non-hydrogen) atoms. The van der Waals surface area contributed by atoms with Crippen molar-refractivity contribution in [3.63, 3.8) is 0 Å². The number of nitrogens with zero attached hydrogens (tertiary/aromatic N) is 4. The van der Waals surface area contributed by atoms with Crippen molar-refractivity contribution in [3.05, 3.63) is 205 Å². The van der Waals surface area contributed by atoms with Gasteiger partial charge < -0.3 is 19.6 Å². The number of hydrogen-bond donors (Lipinski definition) is 0. The van der Waals surface area contributed by atoms with Crippen molar-refractivity contribution in [2.24, 2.45) is 0 Å². The first kappa shape index (κ1) is 35.0. The smallest absolute Gasteiger partial charge is 0.0989 e. The third-order valence-electron chi connectivity index (χ3n) is 11.2. The second-order valence-electron chi connectivity index (χ2n) is 15.0. The lowest BCUT2D eigenvalue weighted by Crippen LogP contribution is -2.25. The monoisotopic (exact) mass is 726 g/mol. The summed E-state index contributed by atoms with van der Waals surface area (Å²) in [5.74, 6) is 0. The van der Waals surface area contributed by atoms with E-state index in [1.54, 1.807) is 0 Å². The minimum atomic E-state index is 0.783. The fourth-order valence-corrected chi connectivity index (χ4v) is 8.41. The number of rotatable bonds is 8. The summed E-state index contributed by atoms with van der Waals surface area (Å²) in [5.41, 5.74) is 19.8. The van der Waals surface area contributed by atoms with Gasteiger partial charge in [-0.15, -0.1) is 0 Å². The van der Waals surface area contributed by atoms with E-state index in [-0.39, 0.29) is 0 Å². The Kier molecular flexibility index (Phi) is 9.24. The molecule has 274 valence electrons. The van der Waals surface area contributed by atoms with Crippen molar-refractivity contribution in [1.82, 2.24) is 0 Å². The van der Waals surface area contributed by atoms with Crippen LogP contribution in [0.5, 0.6) is 0 Å².